The summed E-state index contributed by atoms with van der Waals surface area (Å²) in [5.74, 6) is -1.54. The predicted octanol–water partition coefficient (Wildman–Crippen LogP) is 3.65. The zero-order valence-corrected chi connectivity index (χ0v) is 17.4. The molecule has 7 nitrogen and oxygen atoms in total. The van der Waals surface area contributed by atoms with Crippen LogP contribution in [0.2, 0.25) is 0 Å². The van der Waals surface area contributed by atoms with Gasteiger partial charge in [0.05, 0.1) is 20.9 Å². The third-order valence-electron chi connectivity index (χ3n) is 4.75. The van der Waals surface area contributed by atoms with Crippen LogP contribution in [-0.2, 0) is 22.6 Å². The second-order valence-electron chi connectivity index (χ2n) is 6.95. The number of carbonyl (C=O) groups excluding carboxylic acids is 1. The van der Waals surface area contributed by atoms with E-state index in [0.717, 1.165) is 6.07 Å². The minimum atomic E-state index is -5.03. The molecule has 2 heterocycles. The fourth-order valence-electron chi connectivity index (χ4n) is 3.03. The van der Waals surface area contributed by atoms with E-state index in [-0.39, 0.29) is 23.1 Å². The number of sulfone groups is 1. The van der Waals surface area contributed by atoms with E-state index < -0.39 is 38.2 Å². The number of carbonyl (C=O) groups is 1. The Morgan fingerprint density at radius 2 is 1.73 bits per heavy atom. The Morgan fingerprint density at radius 1 is 1.03 bits per heavy atom. The molecule has 0 saturated heterocycles. The number of imidazole rings is 1. The van der Waals surface area contributed by atoms with E-state index in [9.17, 15) is 30.8 Å². The van der Waals surface area contributed by atoms with Gasteiger partial charge in [0.1, 0.15) is 5.82 Å². The molecule has 0 aliphatic heterocycles. The minimum absolute atomic E-state index is 0.0654. The maximum atomic E-state index is 13.5. The number of rotatable bonds is 5. The Kier molecular flexibility index (Phi) is 5.62. The molecular weight excluding hydrogens is 464 g/mol. The zero-order chi connectivity index (χ0) is 23.8. The number of nitrogens with zero attached hydrogens (tertiary/aromatic N) is 3. The average molecular weight is 478 g/mol. The van der Waals surface area contributed by atoms with Gasteiger partial charge in [-0.2, -0.15) is 13.2 Å². The van der Waals surface area contributed by atoms with Crippen molar-refractivity contribution in [3.63, 3.8) is 0 Å². The number of alkyl halides is 3. The lowest BCUT2D eigenvalue weighted by Gasteiger charge is -2.11. The number of aromatic nitrogens is 3. The number of amides is 1. The summed E-state index contributed by atoms with van der Waals surface area (Å²) in [5, 5.41) is 2.66. The van der Waals surface area contributed by atoms with E-state index in [2.05, 4.69) is 15.3 Å². The molecule has 0 radical (unpaired) electrons. The van der Waals surface area contributed by atoms with Crippen LogP contribution in [0, 0.1) is 5.82 Å². The molecule has 0 spiro atoms. The Hall–Kier alpha value is -3.80. The van der Waals surface area contributed by atoms with Crippen molar-refractivity contribution in [1.29, 1.82) is 0 Å². The first-order chi connectivity index (χ1) is 15.6. The van der Waals surface area contributed by atoms with Gasteiger partial charge in [0.25, 0.3) is 5.91 Å². The molecule has 1 N–H and O–H groups in total. The Bertz CT molecular complexity index is 1450. The molecule has 0 aliphatic carbocycles. The zero-order valence-electron chi connectivity index (χ0n) is 16.5. The van der Waals surface area contributed by atoms with E-state index in [0.29, 0.717) is 17.4 Å². The van der Waals surface area contributed by atoms with Crippen molar-refractivity contribution in [3.8, 4) is 0 Å². The van der Waals surface area contributed by atoms with E-state index >= 15 is 0 Å². The summed E-state index contributed by atoms with van der Waals surface area (Å²) < 4.78 is 79.2. The van der Waals surface area contributed by atoms with E-state index in [1.54, 1.807) is 16.8 Å². The normalized spacial score (nSPS) is 12.1. The lowest BCUT2D eigenvalue weighted by Crippen LogP contribution is -2.23. The van der Waals surface area contributed by atoms with Gasteiger partial charge in [0.2, 0.25) is 15.6 Å². The van der Waals surface area contributed by atoms with Gasteiger partial charge in [-0.25, -0.2) is 22.8 Å². The molecule has 0 unspecified atom stereocenters. The van der Waals surface area contributed by atoms with Crippen LogP contribution in [0.15, 0.2) is 77.0 Å². The van der Waals surface area contributed by atoms with Gasteiger partial charge < -0.3 is 5.32 Å². The topological polar surface area (TPSA) is 93.4 Å². The third-order valence-corrected chi connectivity index (χ3v) is 6.52. The van der Waals surface area contributed by atoms with E-state index in [1.807, 2.05) is 0 Å². The number of fused-ring (bicyclic) bond motifs is 1. The van der Waals surface area contributed by atoms with Crippen molar-refractivity contribution in [2.24, 2.45) is 0 Å². The lowest BCUT2D eigenvalue weighted by molar-refractivity contribution is -0.140. The van der Waals surface area contributed by atoms with Crippen LogP contribution in [0.1, 0.15) is 21.5 Å². The molecule has 0 atom stereocenters. The SMILES string of the molecule is O=C(NCc1ccc(S(=O)(=O)c2ccc(F)c(C(F)(F)F)c2)cc1)c1cnc2nccn2c1. The summed E-state index contributed by atoms with van der Waals surface area (Å²) in [4.78, 5) is 19.4. The van der Waals surface area contributed by atoms with Crippen molar-refractivity contribution >= 4 is 21.5 Å². The summed E-state index contributed by atoms with van der Waals surface area (Å²) in [7, 11) is -4.32. The molecule has 170 valence electrons. The second-order valence-corrected chi connectivity index (χ2v) is 8.90. The molecular formula is C21H14F4N4O3S. The van der Waals surface area contributed by atoms with Gasteiger partial charge in [-0.3, -0.25) is 9.20 Å². The molecule has 0 saturated carbocycles. The lowest BCUT2D eigenvalue weighted by atomic mass is 10.2. The molecule has 12 heteroatoms. The van der Waals surface area contributed by atoms with Gasteiger partial charge in [-0.1, -0.05) is 12.1 Å². The summed E-state index contributed by atoms with van der Waals surface area (Å²) in [6, 6.07) is 6.75. The molecule has 1 amide bonds. The molecule has 4 rings (SSSR count). The smallest absolute Gasteiger partial charge is 0.348 e. The number of hydrogen-bond acceptors (Lipinski definition) is 5. The third kappa shape index (κ3) is 4.55. The molecule has 2 aromatic carbocycles. The standard InChI is InChI=1S/C21H14F4N4O3S/c22-18-6-5-16(9-17(18)21(23,24)25)33(31,32)15-3-1-13(2-4-15)10-27-19(30)14-11-28-20-26-7-8-29(20)12-14/h1-9,11-12H,10H2,(H,27,30). The summed E-state index contributed by atoms with van der Waals surface area (Å²) in [5.41, 5.74) is -0.822. The average Bonchev–Trinajstić information content (AvgIpc) is 3.25. The van der Waals surface area contributed by atoms with Crippen LogP contribution in [-0.4, -0.2) is 28.7 Å². The number of benzene rings is 2. The summed E-state index contributed by atoms with van der Waals surface area (Å²) in [6.07, 6.45) is 1.06. The highest BCUT2D eigenvalue weighted by atomic mass is 32.2. The van der Waals surface area contributed by atoms with Crippen molar-refractivity contribution in [2.75, 3.05) is 0 Å². The van der Waals surface area contributed by atoms with E-state index in [1.165, 1.54) is 36.7 Å². The minimum Gasteiger partial charge on any atom is -0.348 e. The van der Waals surface area contributed by atoms with Crippen LogP contribution in [0.4, 0.5) is 17.6 Å². The predicted molar refractivity (Wildman–Crippen MR) is 107 cm³/mol. The highest BCUT2D eigenvalue weighted by Gasteiger charge is 2.35. The first-order valence-corrected chi connectivity index (χ1v) is 10.8. The maximum Gasteiger partial charge on any atom is 0.419 e. The maximum absolute atomic E-state index is 13.5. The number of nitrogens with one attached hydrogen (secondary N) is 1. The van der Waals surface area contributed by atoms with Crippen LogP contribution >= 0.6 is 0 Å². The quantitative estimate of drug-likeness (QED) is 0.349. The fraction of sp³-hybridized carbons (Fsp3) is 0.0952. The van der Waals surface area contributed by atoms with Gasteiger partial charge in [0, 0.05) is 31.3 Å². The Morgan fingerprint density at radius 3 is 2.42 bits per heavy atom. The second kappa shape index (κ2) is 8.28. The fourth-order valence-corrected chi connectivity index (χ4v) is 4.32. The molecule has 0 bridgehead atoms. The number of halogens is 4. The largest absolute Gasteiger partial charge is 0.419 e. The van der Waals surface area contributed by atoms with Crippen LogP contribution < -0.4 is 5.32 Å². The monoisotopic (exact) mass is 478 g/mol. The first kappa shape index (κ1) is 22.4. The van der Waals surface area contributed by atoms with Crippen molar-refractivity contribution in [2.45, 2.75) is 22.5 Å². The van der Waals surface area contributed by atoms with Gasteiger partial charge in [-0.15, -0.1) is 0 Å². The van der Waals surface area contributed by atoms with E-state index in [4.69, 9.17) is 0 Å². The number of hydrogen-bond donors (Lipinski definition) is 1. The highest BCUT2D eigenvalue weighted by Crippen LogP contribution is 2.34. The molecule has 0 aliphatic rings. The highest BCUT2D eigenvalue weighted by molar-refractivity contribution is 7.91. The van der Waals surface area contributed by atoms with Gasteiger partial charge >= 0.3 is 6.18 Å². The summed E-state index contributed by atoms with van der Waals surface area (Å²) in [6.45, 7) is 0.0654. The Balaban J connectivity index is 1.49. The van der Waals surface area contributed by atoms with Crippen molar-refractivity contribution < 1.29 is 30.8 Å². The van der Waals surface area contributed by atoms with Crippen LogP contribution in [0.5, 0.6) is 0 Å². The van der Waals surface area contributed by atoms with Crippen molar-refractivity contribution in [1.82, 2.24) is 19.7 Å². The van der Waals surface area contributed by atoms with Crippen LogP contribution in [0.3, 0.4) is 0 Å². The van der Waals surface area contributed by atoms with Gasteiger partial charge in [0.15, 0.2) is 0 Å². The molecule has 33 heavy (non-hydrogen) atoms. The van der Waals surface area contributed by atoms with Crippen molar-refractivity contribution in [3.05, 3.63) is 89.8 Å². The van der Waals surface area contributed by atoms with Crippen LogP contribution in [0.25, 0.3) is 5.78 Å². The molecule has 2 aromatic heterocycles. The molecule has 0 fully saturated rings. The Labute approximate surface area is 184 Å². The van der Waals surface area contributed by atoms with Gasteiger partial charge in [-0.05, 0) is 35.9 Å². The first-order valence-electron chi connectivity index (χ1n) is 9.33. The summed E-state index contributed by atoms with van der Waals surface area (Å²) >= 11 is 0. The molecule has 4 aromatic rings.